The summed E-state index contributed by atoms with van der Waals surface area (Å²) >= 11 is 0. The number of hydrogen-bond donors (Lipinski definition) is 1. The maximum atomic E-state index is 12.9. The molecule has 4 rings (SSSR count). The summed E-state index contributed by atoms with van der Waals surface area (Å²) in [4.78, 5) is 19.5. The summed E-state index contributed by atoms with van der Waals surface area (Å²) in [7, 11) is 5.60. The first-order chi connectivity index (χ1) is 15.0. The Labute approximate surface area is 180 Å². The maximum Gasteiger partial charge on any atom is 0.317 e. The zero-order chi connectivity index (χ0) is 21.8. The third kappa shape index (κ3) is 4.42. The predicted molar refractivity (Wildman–Crippen MR) is 119 cm³/mol. The summed E-state index contributed by atoms with van der Waals surface area (Å²) in [5.41, 5.74) is 2.93. The second-order valence-electron chi connectivity index (χ2n) is 7.10. The van der Waals surface area contributed by atoms with E-state index < -0.39 is 5.91 Å². The highest BCUT2D eigenvalue weighted by Gasteiger charge is 2.20. The van der Waals surface area contributed by atoms with Gasteiger partial charge in [0, 0.05) is 31.9 Å². The van der Waals surface area contributed by atoms with Gasteiger partial charge in [-0.2, -0.15) is 9.67 Å². The molecule has 0 atom stereocenters. The van der Waals surface area contributed by atoms with Gasteiger partial charge in [-0.25, -0.2) is 0 Å². The van der Waals surface area contributed by atoms with E-state index in [4.69, 9.17) is 9.15 Å². The molecule has 0 unspecified atom stereocenters. The Balaban J connectivity index is 1.62. The third-order valence-electron chi connectivity index (χ3n) is 4.78. The number of anilines is 2. The average Bonchev–Trinajstić information content (AvgIpc) is 3.48. The molecule has 8 heteroatoms. The Morgan fingerprint density at radius 2 is 1.84 bits per heavy atom. The van der Waals surface area contributed by atoms with Crippen LogP contribution in [0.5, 0.6) is 5.75 Å². The van der Waals surface area contributed by atoms with E-state index in [2.05, 4.69) is 15.4 Å². The number of carbonyl (C=O) groups excluding carboxylic acids is 1. The van der Waals surface area contributed by atoms with E-state index in [-0.39, 0.29) is 5.76 Å². The standard InChI is InChI=1S/C23H23N5O3/c1-27(2)18-10-6-16(7-11-18)15-24-23-25-21(17-8-12-19(30-3)13-9-17)26-28(23)22(29)20-5-4-14-31-20/h4-14H,15H2,1-3H3,(H,24,25,26). The molecule has 0 radical (unpaired) electrons. The van der Waals surface area contributed by atoms with E-state index in [1.807, 2.05) is 67.5 Å². The topological polar surface area (TPSA) is 85.4 Å². The summed E-state index contributed by atoms with van der Waals surface area (Å²) in [6.07, 6.45) is 1.45. The van der Waals surface area contributed by atoms with E-state index in [0.29, 0.717) is 18.3 Å². The van der Waals surface area contributed by atoms with Crippen LogP contribution in [0.1, 0.15) is 16.1 Å². The fourth-order valence-corrected chi connectivity index (χ4v) is 3.03. The fraction of sp³-hybridized carbons (Fsp3) is 0.174. The fourth-order valence-electron chi connectivity index (χ4n) is 3.03. The van der Waals surface area contributed by atoms with E-state index in [0.717, 1.165) is 22.6 Å². The zero-order valence-corrected chi connectivity index (χ0v) is 17.6. The molecule has 0 fully saturated rings. The van der Waals surface area contributed by atoms with Gasteiger partial charge in [0.15, 0.2) is 11.6 Å². The molecule has 0 aliphatic rings. The van der Waals surface area contributed by atoms with Crippen molar-refractivity contribution in [2.24, 2.45) is 0 Å². The monoisotopic (exact) mass is 417 g/mol. The highest BCUT2D eigenvalue weighted by Crippen LogP contribution is 2.22. The van der Waals surface area contributed by atoms with Crippen molar-refractivity contribution in [3.8, 4) is 17.1 Å². The molecule has 0 spiro atoms. The molecular formula is C23H23N5O3. The van der Waals surface area contributed by atoms with Gasteiger partial charge in [0.25, 0.3) is 0 Å². The summed E-state index contributed by atoms with van der Waals surface area (Å²) < 4.78 is 11.7. The van der Waals surface area contributed by atoms with Gasteiger partial charge in [0.1, 0.15) is 5.75 Å². The van der Waals surface area contributed by atoms with Crippen molar-refractivity contribution >= 4 is 17.5 Å². The molecule has 0 aliphatic carbocycles. The summed E-state index contributed by atoms with van der Waals surface area (Å²) in [6.45, 7) is 0.486. The Morgan fingerprint density at radius 1 is 1.10 bits per heavy atom. The normalized spacial score (nSPS) is 10.7. The molecule has 0 bridgehead atoms. The number of hydrogen-bond acceptors (Lipinski definition) is 7. The molecule has 4 aromatic rings. The van der Waals surface area contributed by atoms with E-state index in [1.54, 1.807) is 19.2 Å². The van der Waals surface area contributed by atoms with Crippen LogP contribution in [-0.4, -0.2) is 41.9 Å². The molecule has 8 nitrogen and oxygen atoms in total. The Kier molecular flexibility index (Phi) is 5.70. The van der Waals surface area contributed by atoms with Crippen LogP contribution in [0.4, 0.5) is 11.6 Å². The third-order valence-corrected chi connectivity index (χ3v) is 4.78. The van der Waals surface area contributed by atoms with Crippen LogP contribution in [0.25, 0.3) is 11.4 Å². The molecule has 2 heterocycles. The molecule has 0 amide bonds. The summed E-state index contributed by atoms with van der Waals surface area (Å²) in [5.74, 6) is 1.28. The number of aromatic nitrogens is 3. The van der Waals surface area contributed by atoms with Gasteiger partial charge < -0.3 is 19.4 Å². The molecule has 2 aromatic heterocycles. The van der Waals surface area contributed by atoms with Crippen molar-refractivity contribution in [3.63, 3.8) is 0 Å². The zero-order valence-electron chi connectivity index (χ0n) is 17.6. The minimum atomic E-state index is -0.400. The Hall–Kier alpha value is -4.07. The molecule has 0 aliphatic heterocycles. The molecule has 2 aromatic carbocycles. The molecule has 158 valence electrons. The van der Waals surface area contributed by atoms with Crippen molar-refractivity contribution < 1.29 is 13.9 Å². The lowest BCUT2D eigenvalue weighted by Gasteiger charge is -2.13. The van der Waals surface area contributed by atoms with Gasteiger partial charge in [-0.1, -0.05) is 12.1 Å². The number of carbonyl (C=O) groups is 1. The number of rotatable bonds is 7. The van der Waals surface area contributed by atoms with Crippen LogP contribution < -0.4 is 15.0 Å². The smallest absolute Gasteiger partial charge is 0.317 e. The number of furan rings is 1. The van der Waals surface area contributed by atoms with Crippen LogP contribution in [0.3, 0.4) is 0 Å². The first-order valence-corrected chi connectivity index (χ1v) is 9.75. The van der Waals surface area contributed by atoms with E-state index >= 15 is 0 Å². The van der Waals surface area contributed by atoms with Crippen LogP contribution in [0, 0.1) is 0 Å². The first kappa shape index (κ1) is 20.2. The molecular weight excluding hydrogens is 394 g/mol. The van der Waals surface area contributed by atoms with Gasteiger partial charge in [-0.3, -0.25) is 4.79 Å². The van der Waals surface area contributed by atoms with Gasteiger partial charge in [0.2, 0.25) is 5.95 Å². The lowest BCUT2D eigenvalue weighted by atomic mass is 10.2. The Bertz CT molecular complexity index is 1150. The van der Waals surface area contributed by atoms with Crippen LogP contribution in [-0.2, 0) is 6.54 Å². The predicted octanol–water partition coefficient (Wildman–Crippen LogP) is 3.91. The largest absolute Gasteiger partial charge is 0.497 e. The van der Waals surface area contributed by atoms with Crippen LogP contribution in [0.15, 0.2) is 71.3 Å². The second kappa shape index (κ2) is 8.74. The first-order valence-electron chi connectivity index (χ1n) is 9.75. The van der Waals surface area contributed by atoms with Crippen LogP contribution >= 0.6 is 0 Å². The number of methoxy groups -OCH3 is 1. The lowest BCUT2D eigenvalue weighted by Crippen LogP contribution is -2.17. The van der Waals surface area contributed by atoms with Crippen molar-refractivity contribution in [2.45, 2.75) is 6.54 Å². The highest BCUT2D eigenvalue weighted by molar-refractivity contribution is 5.94. The average molecular weight is 417 g/mol. The maximum absolute atomic E-state index is 12.9. The van der Waals surface area contributed by atoms with Crippen molar-refractivity contribution in [1.29, 1.82) is 0 Å². The van der Waals surface area contributed by atoms with Crippen molar-refractivity contribution in [1.82, 2.24) is 14.8 Å². The van der Waals surface area contributed by atoms with Crippen molar-refractivity contribution in [3.05, 3.63) is 78.3 Å². The van der Waals surface area contributed by atoms with E-state index in [1.165, 1.54) is 10.9 Å². The molecule has 0 saturated heterocycles. The number of nitrogens with zero attached hydrogens (tertiary/aromatic N) is 4. The molecule has 1 N–H and O–H groups in total. The quantitative estimate of drug-likeness (QED) is 0.488. The number of ether oxygens (including phenoxy) is 1. The van der Waals surface area contributed by atoms with E-state index in [9.17, 15) is 4.79 Å². The number of nitrogens with one attached hydrogen (secondary N) is 1. The summed E-state index contributed by atoms with van der Waals surface area (Å²) in [5, 5.41) is 7.65. The van der Waals surface area contributed by atoms with Crippen LogP contribution in [0.2, 0.25) is 0 Å². The van der Waals surface area contributed by atoms with Gasteiger partial charge in [-0.15, -0.1) is 5.10 Å². The minimum Gasteiger partial charge on any atom is -0.497 e. The summed E-state index contributed by atoms with van der Waals surface area (Å²) in [6, 6.07) is 18.7. The van der Waals surface area contributed by atoms with Gasteiger partial charge >= 0.3 is 5.91 Å². The van der Waals surface area contributed by atoms with Gasteiger partial charge in [0.05, 0.1) is 13.4 Å². The highest BCUT2D eigenvalue weighted by atomic mass is 16.5. The van der Waals surface area contributed by atoms with Crippen molar-refractivity contribution in [2.75, 3.05) is 31.4 Å². The molecule has 0 saturated carbocycles. The molecule has 31 heavy (non-hydrogen) atoms. The Morgan fingerprint density at radius 3 is 2.45 bits per heavy atom. The number of benzene rings is 2. The SMILES string of the molecule is COc1ccc(-c2nc(NCc3ccc(N(C)C)cc3)n(C(=O)c3ccco3)n2)cc1. The minimum absolute atomic E-state index is 0.185. The van der Waals surface area contributed by atoms with Gasteiger partial charge in [-0.05, 0) is 54.1 Å². The lowest BCUT2D eigenvalue weighted by molar-refractivity contribution is 0.0919. The second-order valence-corrected chi connectivity index (χ2v) is 7.10.